The number of benzene rings is 2. The molecule has 1 amide bonds. The van der Waals surface area contributed by atoms with E-state index in [0.29, 0.717) is 17.3 Å². The summed E-state index contributed by atoms with van der Waals surface area (Å²) in [6.45, 7) is 2.57. The molecule has 6 heteroatoms. The lowest BCUT2D eigenvalue weighted by Gasteiger charge is -2.35. The molecule has 0 aliphatic carbocycles. The van der Waals surface area contributed by atoms with Crippen LogP contribution in [0.25, 0.3) is 0 Å². The molecule has 0 aromatic heterocycles. The molecule has 1 atom stereocenters. The number of carbonyl (C=O) groups excluding carboxylic acids is 1. The first-order chi connectivity index (χ1) is 13.7. The number of nitrogens with one attached hydrogen (secondary N) is 1. The third-order valence-electron chi connectivity index (χ3n) is 5.02. The molecule has 2 aromatic carbocycles. The Hall–Kier alpha value is -2.24. The van der Waals surface area contributed by atoms with Gasteiger partial charge in [0.15, 0.2) is 6.61 Å². The van der Waals surface area contributed by atoms with E-state index in [2.05, 4.69) is 22.3 Å². The maximum Gasteiger partial charge on any atom is 0.258 e. The first-order valence-corrected chi connectivity index (χ1v) is 10.1. The molecule has 1 aliphatic rings. The van der Waals surface area contributed by atoms with E-state index in [9.17, 15) is 4.79 Å². The van der Waals surface area contributed by atoms with Crippen molar-refractivity contribution in [1.82, 2.24) is 10.2 Å². The van der Waals surface area contributed by atoms with Crippen LogP contribution in [0.5, 0.6) is 11.5 Å². The monoisotopic (exact) mass is 402 g/mol. The minimum absolute atomic E-state index is 0.0565. The molecule has 1 aliphatic heterocycles. The zero-order valence-corrected chi connectivity index (χ0v) is 17.0. The quantitative estimate of drug-likeness (QED) is 0.723. The highest BCUT2D eigenvalue weighted by Crippen LogP contribution is 2.26. The smallest absolute Gasteiger partial charge is 0.258 e. The molecule has 0 bridgehead atoms. The van der Waals surface area contributed by atoms with Crippen molar-refractivity contribution < 1.29 is 14.3 Å². The Morgan fingerprint density at radius 1 is 1.11 bits per heavy atom. The molecule has 3 rings (SSSR count). The molecule has 0 saturated carbocycles. The molecule has 1 saturated heterocycles. The Labute approximate surface area is 171 Å². The van der Waals surface area contributed by atoms with Gasteiger partial charge in [-0.25, -0.2) is 0 Å². The molecular weight excluding hydrogens is 376 g/mol. The molecule has 2 aromatic rings. The van der Waals surface area contributed by atoms with E-state index in [1.807, 2.05) is 24.3 Å². The SMILES string of the molecule is COc1ccc([C@H](CNC(=O)COc2ccccc2Cl)N2CCCCC2)cc1. The predicted octanol–water partition coefficient (Wildman–Crippen LogP) is 4.07. The van der Waals surface area contributed by atoms with Crippen LogP contribution in [0.1, 0.15) is 30.9 Å². The van der Waals surface area contributed by atoms with E-state index in [4.69, 9.17) is 21.1 Å². The van der Waals surface area contributed by atoms with E-state index in [-0.39, 0.29) is 18.6 Å². The van der Waals surface area contributed by atoms with E-state index < -0.39 is 0 Å². The molecule has 5 nitrogen and oxygen atoms in total. The minimum Gasteiger partial charge on any atom is -0.497 e. The highest BCUT2D eigenvalue weighted by Gasteiger charge is 2.23. The second kappa shape index (κ2) is 10.3. The van der Waals surface area contributed by atoms with Crippen LogP contribution in [-0.2, 0) is 4.79 Å². The molecule has 28 heavy (non-hydrogen) atoms. The van der Waals surface area contributed by atoms with Gasteiger partial charge >= 0.3 is 0 Å². The fourth-order valence-corrected chi connectivity index (χ4v) is 3.67. The fraction of sp³-hybridized carbons (Fsp3) is 0.409. The van der Waals surface area contributed by atoms with Gasteiger partial charge in [0.2, 0.25) is 0 Å². The normalized spacial score (nSPS) is 15.6. The Morgan fingerprint density at radius 2 is 1.82 bits per heavy atom. The average molecular weight is 403 g/mol. The number of piperidine rings is 1. The Morgan fingerprint density at radius 3 is 2.50 bits per heavy atom. The van der Waals surface area contributed by atoms with Crippen molar-refractivity contribution in [3.05, 3.63) is 59.1 Å². The number of para-hydroxylation sites is 1. The number of hydrogen-bond acceptors (Lipinski definition) is 4. The standard InChI is InChI=1S/C22H27ClN2O3/c1-27-18-11-9-17(10-12-18)20(25-13-5-2-6-14-25)15-24-22(26)16-28-21-8-4-3-7-19(21)23/h3-4,7-12,20H,2,5-6,13-16H2,1H3,(H,24,26)/t20-/m0/s1. The van der Waals surface area contributed by atoms with E-state index >= 15 is 0 Å². The number of nitrogens with zero attached hydrogens (tertiary/aromatic N) is 1. The lowest BCUT2D eigenvalue weighted by molar-refractivity contribution is -0.123. The van der Waals surface area contributed by atoms with Crippen LogP contribution in [-0.4, -0.2) is 44.2 Å². The molecule has 1 N–H and O–H groups in total. The van der Waals surface area contributed by atoms with Crippen LogP contribution in [0.3, 0.4) is 0 Å². The summed E-state index contributed by atoms with van der Waals surface area (Å²) in [7, 11) is 1.66. The van der Waals surface area contributed by atoms with Gasteiger partial charge in [-0.3, -0.25) is 9.69 Å². The summed E-state index contributed by atoms with van der Waals surface area (Å²) >= 11 is 6.07. The second-order valence-electron chi connectivity index (χ2n) is 6.91. The van der Waals surface area contributed by atoms with Crippen LogP contribution in [0.15, 0.2) is 48.5 Å². The molecule has 0 radical (unpaired) electrons. The molecule has 150 valence electrons. The van der Waals surface area contributed by atoms with Crippen LogP contribution in [0.4, 0.5) is 0 Å². The summed E-state index contributed by atoms with van der Waals surface area (Å²) in [5.74, 6) is 1.19. The van der Waals surface area contributed by atoms with Crippen LogP contribution in [0, 0.1) is 0 Å². The molecule has 0 spiro atoms. The zero-order chi connectivity index (χ0) is 19.8. The van der Waals surface area contributed by atoms with Gasteiger partial charge in [0.05, 0.1) is 18.2 Å². The van der Waals surface area contributed by atoms with Crippen molar-refractivity contribution in [2.24, 2.45) is 0 Å². The third-order valence-corrected chi connectivity index (χ3v) is 5.33. The number of hydrogen-bond donors (Lipinski definition) is 1. The lowest BCUT2D eigenvalue weighted by atomic mass is 10.0. The van der Waals surface area contributed by atoms with Gasteiger partial charge < -0.3 is 14.8 Å². The number of rotatable bonds is 8. The number of ether oxygens (including phenoxy) is 2. The van der Waals surface area contributed by atoms with Gasteiger partial charge in [-0.2, -0.15) is 0 Å². The maximum absolute atomic E-state index is 12.3. The zero-order valence-electron chi connectivity index (χ0n) is 16.2. The summed E-state index contributed by atoms with van der Waals surface area (Å²) in [5, 5.41) is 3.52. The second-order valence-corrected chi connectivity index (χ2v) is 7.32. The van der Waals surface area contributed by atoms with Crippen molar-refractivity contribution in [2.45, 2.75) is 25.3 Å². The minimum atomic E-state index is -0.157. The van der Waals surface area contributed by atoms with Crippen LogP contribution in [0.2, 0.25) is 5.02 Å². The van der Waals surface area contributed by atoms with Gasteiger partial charge in [0.1, 0.15) is 11.5 Å². The van der Waals surface area contributed by atoms with Gasteiger partial charge in [-0.15, -0.1) is 0 Å². The van der Waals surface area contributed by atoms with Crippen molar-refractivity contribution in [2.75, 3.05) is 33.4 Å². The van der Waals surface area contributed by atoms with E-state index in [1.54, 1.807) is 19.2 Å². The average Bonchev–Trinajstić information content (AvgIpc) is 2.74. The lowest BCUT2D eigenvalue weighted by Crippen LogP contribution is -2.41. The van der Waals surface area contributed by atoms with Gasteiger partial charge in [-0.1, -0.05) is 42.3 Å². The van der Waals surface area contributed by atoms with Gasteiger partial charge in [0, 0.05) is 6.54 Å². The molecule has 1 heterocycles. The summed E-state index contributed by atoms with van der Waals surface area (Å²) < 4.78 is 10.8. The first-order valence-electron chi connectivity index (χ1n) is 9.69. The molecule has 1 fully saturated rings. The van der Waals surface area contributed by atoms with Crippen LogP contribution >= 0.6 is 11.6 Å². The van der Waals surface area contributed by atoms with Gasteiger partial charge in [-0.05, 0) is 55.8 Å². The van der Waals surface area contributed by atoms with Crippen molar-refractivity contribution in [3.8, 4) is 11.5 Å². The number of amides is 1. The Bertz CT molecular complexity index is 761. The Kier molecular flexibility index (Phi) is 7.57. The summed E-state index contributed by atoms with van der Waals surface area (Å²) in [4.78, 5) is 14.8. The van der Waals surface area contributed by atoms with Crippen molar-refractivity contribution in [3.63, 3.8) is 0 Å². The highest BCUT2D eigenvalue weighted by molar-refractivity contribution is 6.32. The highest BCUT2D eigenvalue weighted by atomic mass is 35.5. The number of halogens is 1. The number of methoxy groups -OCH3 is 1. The van der Waals surface area contributed by atoms with Crippen molar-refractivity contribution in [1.29, 1.82) is 0 Å². The van der Waals surface area contributed by atoms with E-state index in [0.717, 1.165) is 18.8 Å². The van der Waals surface area contributed by atoms with E-state index in [1.165, 1.54) is 24.8 Å². The summed E-state index contributed by atoms with van der Waals surface area (Å²) in [6, 6.07) is 15.4. The maximum atomic E-state index is 12.3. The number of likely N-dealkylation sites (tertiary alicyclic amines) is 1. The molecular formula is C22H27ClN2O3. The largest absolute Gasteiger partial charge is 0.497 e. The number of carbonyl (C=O) groups is 1. The summed E-state index contributed by atoms with van der Waals surface area (Å²) in [6.07, 6.45) is 3.65. The summed E-state index contributed by atoms with van der Waals surface area (Å²) in [5.41, 5.74) is 1.18. The predicted molar refractivity (Wildman–Crippen MR) is 111 cm³/mol. The van der Waals surface area contributed by atoms with Crippen LogP contribution < -0.4 is 14.8 Å². The third kappa shape index (κ3) is 5.63. The first kappa shape index (κ1) is 20.5. The van der Waals surface area contributed by atoms with Crippen molar-refractivity contribution >= 4 is 17.5 Å². The Balaban J connectivity index is 1.60. The van der Waals surface area contributed by atoms with Gasteiger partial charge in [0.25, 0.3) is 5.91 Å². The topological polar surface area (TPSA) is 50.8 Å². The fourth-order valence-electron chi connectivity index (χ4n) is 3.48. The molecule has 0 unspecified atom stereocenters.